The third-order valence-corrected chi connectivity index (χ3v) is 3.24. The molecule has 1 atom stereocenters. The van der Waals surface area contributed by atoms with Crippen molar-refractivity contribution in [1.82, 2.24) is 10.2 Å². The highest BCUT2D eigenvalue weighted by molar-refractivity contribution is 5.82. The molecule has 1 unspecified atom stereocenters. The first-order valence-corrected chi connectivity index (χ1v) is 6.39. The van der Waals surface area contributed by atoms with Crippen molar-refractivity contribution in [2.24, 2.45) is 0 Å². The van der Waals surface area contributed by atoms with Crippen molar-refractivity contribution in [3.05, 3.63) is 0 Å². The van der Waals surface area contributed by atoms with E-state index in [2.05, 4.69) is 5.32 Å². The third kappa shape index (κ3) is 4.18. The van der Waals surface area contributed by atoms with E-state index < -0.39 is 12.0 Å². The summed E-state index contributed by atoms with van der Waals surface area (Å²) >= 11 is 0. The summed E-state index contributed by atoms with van der Waals surface area (Å²) in [6.07, 6.45) is 2.99. The number of carboxylic acids is 1. The van der Waals surface area contributed by atoms with E-state index in [0.29, 0.717) is 19.5 Å². The van der Waals surface area contributed by atoms with Crippen molar-refractivity contribution >= 4 is 12.0 Å². The smallest absolute Gasteiger partial charge is 0.326 e. The maximum Gasteiger partial charge on any atom is 0.326 e. The summed E-state index contributed by atoms with van der Waals surface area (Å²) in [5.41, 5.74) is 0. The average Bonchev–Trinajstić information content (AvgIpc) is 2.38. The van der Waals surface area contributed by atoms with Gasteiger partial charge in [0.05, 0.1) is 6.10 Å². The summed E-state index contributed by atoms with van der Waals surface area (Å²) < 4.78 is 5.22. The predicted octanol–water partition coefficient (Wildman–Crippen LogP) is 1.06. The van der Waals surface area contributed by atoms with E-state index in [1.54, 1.807) is 12.0 Å². The van der Waals surface area contributed by atoms with Crippen LogP contribution in [0.3, 0.4) is 0 Å². The number of carboxylic acid groups (broad SMARTS) is 1. The molecule has 0 saturated carbocycles. The SMILES string of the molecule is CCCC(NC(=O)N1CCC(OC)CC1)C(=O)O. The maximum absolute atomic E-state index is 11.9. The molecule has 0 bridgehead atoms. The second-order valence-corrected chi connectivity index (χ2v) is 4.55. The minimum absolute atomic E-state index is 0.208. The minimum Gasteiger partial charge on any atom is -0.480 e. The van der Waals surface area contributed by atoms with E-state index >= 15 is 0 Å². The second kappa shape index (κ2) is 7.20. The number of piperidine rings is 1. The Morgan fingerprint density at radius 3 is 2.50 bits per heavy atom. The van der Waals surface area contributed by atoms with E-state index in [1.807, 2.05) is 6.92 Å². The molecule has 2 amide bonds. The van der Waals surface area contributed by atoms with Crippen LogP contribution >= 0.6 is 0 Å². The molecule has 1 aliphatic heterocycles. The van der Waals surface area contributed by atoms with Gasteiger partial charge in [-0.15, -0.1) is 0 Å². The molecular formula is C12H22N2O4. The number of rotatable bonds is 5. The molecular weight excluding hydrogens is 236 g/mol. The lowest BCUT2D eigenvalue weighted by molar-refractivity contribution is -0.139. The van der Waals surface area contributed by atoms with Gasteiger partial charge >= 0.3 is 12.0 Å². The maximum atomic E-state index is 11.9. The topological polar surface area (TPSA) is 78.9 Å². The largest absolute Gasteiger partial charge is 0.480 e. The van der Waals surface area contributed by atoms with Gasteiger partial charge in [-0.25, -0.2) is 9.59 Å². The molecule has 1 aliphatic rings. The van der Waals surface area contributed by atoms with Gasteiger partial charge in [0.25, 0.3) is 0 Å². The number of nitrogens with one attached hydrogen (secondary N) is 1. The molecule has 0 aromatic heterocycles. The van der Waals surface area contributed by atoms with Crippen LogP contribution in [0.25, 0.3) is 0 Å². The van der Waals surface area contributed by atoms with Gasteiger partial charge in [-0.3, -0.25) is 0 Å². The minimum atomic E-state index is -0.975. The Labute approximate surface area is 107 Å². The number of amides is 2. The molecule has 6 heteroatoms. The van der Waals surface area contributed by atoms with Crippen molar-refractivity contribution in [3.63, 3.8) is 0 Å². The molecule has 0 aliphatic carbocycles. The highest BCUT2D eigenvalue weighted by Crippen LogP contribution is 2.13. The Morgan fingerprint density at radius 1 is 1.44 bits per heavy atom. The number of urea groups is 1. The van der Waals surface area contributed by atoms with Crippen LogP contribution in [0.1, 0.15) is 32.6 Å². The van der Waals surface area contributed by atoms with Crippen LogP contribution in [0.5, 0.6) is 0 Å². The summed E-state index contributed by atoms with van der Waals surface area (Å²) in [6, 6.07) is -1.08. The molecule has 0 spiro atoms. The molecule has 0 aromatic carbocycles. The van der Waals surface area contributed by atoms with Gasteiger partial charge in [0.1, 0.15) is 6.04 Å². The summed E-state index contributed by atoms with van der Waals surface area (Å²) in [4.78, 5) is 24.5. The third-order valence-electron chi connectivity index (χ3n) is 3.24. The first-order chi connectivity index (χ1) is 8.58. The zero-order chi connectivity index (χ0) is 13.5. The van der Waals surface area contributed by atoms with Crippen LogP contribution in [0, 0.1) is 0 Å². The second-order valence-electron chi connectivity index (χ2n) is 4.55. The first kappa shape index (κ1) is 14.8. The van der Waals surface area contributed by atoms with Gasteiger partial charge in [0.2, 0.25) is 0 Å². The predicted molar refractivity (Wildman–Crippen MR) is 66.5 cm³/mol. The molecule has 0 aromatic rings. The molecule has 1 saturated heterocycles. The van der Waals surface area contributed by atoms with Crippen molar-refractivity contribution in [1.29, 1.82) is 0 Å². The van der Waals surface area contributed by atoms with Gasteiger partial charge in [-0.2, -0.15) is 0 Å². The number of hydrogen-bond donors (Lipinski definition) is 2. The van der Waals surface area contributed by atoms with E-state index in [4.69, 9.17) is 9.84 Å². The quantitative estimate of drug-likeness (QED) is 0.773. The Morgan fingerprint density at radius 2 is 2.06 bits per heavy atom. The Bertz CT molecular complexity index is 288. The zero-order valence-electron chi connectivity index (χ0n) is 11.0. The standard InChI is InChI=1S/C12H22N2O4/c1-3-4-10(11(15)16)13-12(17)14-7-5-9(18-2)6-8-14/h9-10H,3-8H2,1-2H3,(H,13,17)(H,15,16). The van der Waals surface area contributed by atoms with Crippen LogP contribution < -0.4 is 5.32 Å². The summed E-state index contributed by atoms with van der Waals surface area (Å²) in [6.45, 7) is 3.12. The number of hydrogen-bond acceptors (Lipinski definition) is 3. The highest BCUT2D eigenvalue weighted by atomic mass is 16.5. The van der Waals surface area contributed by atoms with Gasteiger partial charge in [0, 0.05) is 20.2 Å². The van der Waals surface area contributed by atoms with Gasteiger partial charge in [-0.05, 0) is 19.3 Å². The van der Waals surface area contributed by atoms with Crippen LogP contribution in [0.4, 0.5) is 4.79 Å². The lowest BCUT2D eigenvalue weighted by Crippen LogP contribution is -2.50. The van der Waals surface area contributed by atoms with E-state index in [0.717, 1.165) is 19.3 Å². The van der Waals surface area contributed by atoms with Gasteiger partial charge < -0.3 is 20.1 Å². The van der Waals surface area contributed by atoms with Crippen molar-refractivity contribution in [2.45, 2.75) is 44.8 Å². The fraction of sp³-hybridized carbons (Fsp3) is 0.833. The fourth-order valence-electron chi connectivity index (χ4n) is 2.08. The molecule has 1 heterocycles. The Hall–Kier alpha value is -1.30. The molecule has 104 valence electrons. The highest BCUT2D eigenvalue weighted by Gasteiger charge is 2.26. The van der Waals surface area contributed by atoms with Crippen molar-refractivity contribution in [3.8, 4) is 0 Å². The van der Waals surface area contributed by atoms with Crippen LogP contribution in [-0.2, 0) is 9.53 Å². The van der Waals surface area contributed by atoms with E-state index in [1.165, 1.54) is 0 Å². The Balaban J connectivity index is 2.42. The fourth-order valence-corrected chi connectivity index (χ4v) is 2.08. The summed E-state index contributed by atoms with van der Waals surface area (Å²) in [7, 11) is 1.67. The lowest BCUT2D eigenvalue weighted by atomic mass is 10.1. The Kier molecular flexibility index (Phi) is 5.91. The van der Waals surface area contributed by atoms with Crippen LogP contribution in [0.2, 0.25) is 0 Å². The number of likely N-dealkylation sites (tertiary alicyclic amines) is 1. The first-order valence-electron chi connectivity index (χ1n) is 6.39. The summed E-state index contributed by atoms with van der Waals surface area (Å²) in [5.74, 6) is -0.975. The van der Waals surface area contributed by atoms with Crippen LogP contribution in [-0.4, -0.2) is 54.4 Å². The van der Waals surface area contributed by atoms with Crippen LogP contribution in [0.15, 0.2) is 0 Å². The number of ether oxygens (including phenoxy) is 1. The van der Waals surface area contributed by atoms with E-state index in [9.17, 15) is 9.59 Å². The molecule has 1 fully saturated rings. The van der Waals surface area contributed by atoms with Gasteiger partial charge in [0.15, 0.2) is 0 Å². The molecule has 1 rings (SSSR count). The van der Waals surface area contributed by atoms with Crippen molar-refractivity contribution in [2.75, 3.05) is 20.2 Å². The number of nitrogens with zero attached hydrogens (tertiary/aromatic N) is 1. The molecule has 6 nitrogen and oxygen atoms in total. The van der Waals surface area contributed by atoms with E-state index in [-0.39, 0.29) is 12.1 Å². The summed E-state index contributed by atoms with van der Waals surface area (Å²) in [5, 5.41) is 11.5. The van der Waals surface area contributed by atoms with Gasteiger partial charge in [-0.1, -0.05) is 13.3 Å². The molecule has 18 heavy (non-hydrogen) atoms. The number of carbonyl (C=O) groups excluding carboxylic acids is 1. The average molecular weight is 258 g/mol. The number of carbonyl (C=O) groups is 2. The monoisotopic (exact) mass is 258 g/mol. The van der Waals surface area contributed by atoms with Crippen molar-refractivity contribution < 1.29 is 19.4 Å². The number of methoxy groups -OCH3 is 1. The normalized spacial score (nSPS) is 18.4. The number of aliphatic carboxylic acids is 1. The lowest BCUT2D eigenvalue weighted by Gasteiger charge is -2.32. The molecule has 2 N–H and O–H groups in total. The molecule has 0 radical (unpaired) electrons. The zero-order valence-corrected chi connectivity index (χ0v) is 11.0.